The van der Waals surface area contributed by atoms with Crippen molar-refractivity contribution in [2.45, 2.75) is 25.8 Å². The van der Waals surface area contributed by atoms with Crippen LogP contribution in [0.25, 0.3) is 0 Å². The summed E-state index contributed by atoms with van der Waals surface area (Å²) in [5.74, 6) is 0.162. The van der Waals surface area contributed by atoms with Crippen molar-refractivity contribution in [1.82, 2.24) is 10.2 Å². The lowest BCUT2D eigenvalue weighted by atomic mass is 10.1. The predicted molar refractivity (Wildman–Crippen MR) is 71.9 cm³/mol. The number of carbonyl (C=O) groups excluding carboxylic acids is 2. The van der Waals surface area contributed by atoms with Gasteiger partial charge in [0, 0.05) is 38.5 Å². The zero-order valence-electron chi connectivity index (χ0n) is 10.5. The first kappa shape index (κ1) is 13.2. The number of thiophene rings is 1. The van der Waals surface area contributed by atoms with E-state index in [1.165, 1.54) is 11.3 Å². The molecule has 1 amide bonds. The molecule has 18 heavy (non-hydrogen) atoms. The van der Waals surface area contributed by atoms with Crippen LogP contribution in [0.4, 0.5) is 0 Å². The minimum absolute atomic E-state index is 0.0705. The normalized spacial score (nSPS) is 19.8. The second-order valence-corrected chi connectivity index (χ2v) is 5.49. The molecule has 0 saturated carbocycles. The molecule has 1 aliphatic rings. The molecule has 1 aromatic rings. The van der Waals surface area contributed by atoms with E-state index in [0.29, 0.717) is 12.8 Å². The molecule has 0 unspecified atom stereocenters. The van der Waals surface area contributed by atoms with Crippen LogP contribution in [0.1, 0.15) is 29.4 Å². The molecule has 1 saturated heterocycles. The van der Waals surface area contributed by atoms with Crippen molar-refractivity contribution in [3.05, 3.63) is 22.4 Å². The Labute approximate surface area is 111 Å². The summed E-state index contributed by atoms with van der Waals surface area (Å²) in [4.78, 5) is 26.5. The fraction of sp³-hybridized carbons (Fsp3) is 0.538. The highest BCUT2D eigenvalue weighted by molar-refractivity contribution is 7.12. The van der Waals surface area contributed by atoms with Gasteiger partial charge in [0.2, 0.25) is 5.91 Å². The van der Waals surface area contributed by atoms with Gasteiger partial charge in [-0.25, -0.2) is 0 Å². The lowest BCUT2D eigenvalue weighted by Crippen LogP contribution is -2.52. The first-order valence-corrected chi connectivity index (χ1v) is 7.13. The molecule has 1 fully saturated rings. The number of carbonyl (C=O) groups is 2. The van der Waals surface area contributed by atoms with Crippen molar-refractivity contribution in [3.63, 3.8) is 0 Å². The second-order valence-electron chi connectivity index (χ2n) is 4.54. The van der Waals surface area contributed by atoms with E-state index in [2.05, 4.69) is 5.32 Å². The first-order valence-electron chi connectivity index (χ1n) is 6.25. The van der Waals surface area contributed by atoms with Crippen LogP contribution in [0.5, 0.6) is 0 Å². The zero-order chi connectivity index (χ0) is 13.0. The predicted octanol–water partition coefficient (Wildman–Crippen LogP) is 1.53. The number of nitrogens with one attached hydrogen (secondary N) is 1. The zero-order valence-corrected chi connectivity index (χ0v) is 11.3. The van der Waals surface area contributed by atoms with E-state index in [9.17, 15) is 9.59 Å². The number of hydrogen-bond donors (Lipinski definition) is 1. The van der Waals surface area contributed by atoms with E-state index in [0.717, 1.165) is 24.5 Å². The van der Waals surface area contributed by atoms with E-state index >= 15 is 0 Å². The summed E-state index contributed by atoms with van der Waals surface area (Å²) in [5.41, 5.74) is 0. The molecule has 98 valence electrons. The van der Waals surface area contributed by atoms with Crippen molar-refractivity contribution in [3.8, 4) is 0 Å². The number of hydrogen-bond acceptors (Lipinski definition) is 4. The van der Waals surface area contributed by atoms with Gasteiger partial charge in [-0.3, -0.25) is 9.59 Å². The smallest absolute Gasteiger partial charge is 0.223 e. The summed E-state index contributed by atoms with van der Waals surface area (Å²) < 4.78 is 0. The van der Waals surface area contributed by atoms with E-state index in [-0.39, 0.29) is 17.7 Å². The minimum Gasteiger partial charge on any atom is -0.337 e. The van der Waals surface area contributed by atoms with Crippen LogP contribution in [-0.4, -0.2) is 42.3 Å². The highest BCUT2D eigenvalue weighted by Crippen LogP contribution is 2.14. The number of piperazine rings is 1. The van der Waals surface area contributed by atoms with Crippen molar-refractivity contribution in [1.29, 1.82) is 0 Å². The number of Topliss-reactive ketones (excluding diaryl/α,β-unsaturated/α-hetero) is 1. The molecule has 0 aromatic carbocycles. The van der Waals surface area contributed by atoms with Gasteiger partial charge in [-0.05, 0) is 18.4 Å². The van der Waals surface area contributed by atoms with Crippen molar-refractivity contribution in [2.75, 3.05) is 19.6 Å². The Balaban J connectivity index is 1.82. The third-order valence-electron chi connectivity index (χ3n) is 3.18. The lowest BCUT2D eigenvalue weighted by Gasteiger charge is -2.34. The van der Waals surface area contributed by atoms with Gasteiger partial charge in [-0.2, -0.15) is 0 Å². The Morgan fingerprint density at radius 2 is 2.33 bits per heavy atom. The fourth-order valence-electron chi connectivity index (χ4n) is 2.14. The Hall–Kier alpha value is -1.20. The molecule has 1 aliphatic heterocycles. The molecule has 0 aliphatic carbocycles. The number of rotatable bonds is 4. The minimum atomic E-state index is 0.0705. The molecule has 0 spiro atoms. The maximum Gasteiger partial charge on any atom is 0.223 e. The topological polar surface area (TPSA) is 49.4 Å². The summed E-state index contributed by atoms with van der Waals surface area (Å²) >= 11 is 1.43. The molecule has 2 rings (SSSR count). The number of amides is 1. The SMILES string of the molecule is C[C@@H]1CNCCN1C(=O)CCC(=O)c1cccs1. The Morgan fingerprint density at radius 3 is 3.00 bits per heavy atom. The highest BCUT2D eigenvalue weighted by atomic mass is 32.1. The molecule has 5 heteroatoms. The van der Waals surface area contributed by atoms with Crippen LogP contribution in [0.2, 0.25) is 0 Å². The molecule has 1 N–H and O–H groups in total. The van der Waals surface area contributed by atoms with Crippen molar-refractivity contribution < 1.29 is 9.59 Å². The highest BCUT2D eigenvalue weighted by Gasteiger charge is 2.23. The maximum atomic E-state index is 12.0. The van der Waals surface area contributed by atoms with Crippen LogP contribution in [0, 0.1) is 0 Å². The maximum absolute atomic E-state index is 12.0. The van der Waals surface area contributed by atoms with E-state index in [1.807, 2.05) is 29.3 Å². The van der Waals surface area contributed by atoms with E-state index in [4.69, 9.17) is 0 Å². The van der Waals surface area contributed by atoms with E-state index < -0.39 is 0 Å². The van der Waals surface area contributed by atoms with Crippen LogP contribution < -0.4 is 5.32 Å². The van der Waals surface area contributed by atoms with Crippen LogP contribution >= 0.6 is 11.3 Å². The Morgan fingerprint density at radius 1 is 1.50 bits per heavy atom. The standard InChI is InChI=1S/C13H18N2O2S/c1-10-9-14-6-7-15(10)13(17)5-4-11(16)12-3-2-8-18-12/h2-3,8,10,14H,4-7,9H2,1H3/t10-/m1/s1. The molecular weight excluding hydrogens is 248 g/mol. The summed E-state index contributed by atoms with van der Waals surface area (Å²) in [7, 11) is 0. The quantitative estimate of drug-likeness (QED) is 0.841. The van der Waals surface area contributed by atoms with Gasteiger partial charge < -0.3 is 10.2 Å². The average Bonchev–Trinajstić information content (AvgIpc) is 2.90. The fourth-order valence-corrected chi connectivity index (χ4v) is 2.83. The van der Waals surface area contributed by atoms with Gasteiger partial charge in [0.05, 0.1) is 4.88 Å². The van der Waals surface area contributed by atoms with Gasteiger partial charge in [0.15, 0.2) is 5.78 Å². The third-order valence-corrected chi connectivity index (χ3v) is 4.09. The lowest BCUT2D eigenvalue weighted by molar-refractivity contribution is -0.133. The van der Waals surface area contributed by atoms with Crippen molar-refractivity contribution >= 4 is 23.0 Å². The monoisotopic (exact) mass is 266 g/mol. The summed E-state index contributed by atoms with van der Waals surface area (Å²) in [5, 5.41) is 5.13. The second kappa shape index (κ2) is 6.11. The van der Waals surface area contributed by atoms with Crippen LogP contribution in [0.3, 0.4) is 0 Å². The Kier molecular flexibility index (Phi) is 4.49. The molecule has 1 atom stereocenters. The van der Waals surface area contributed by atoms with Gasteiger partial charge in [-0.15, -0.1) is 11.3 Å². The van der Waals surface area contributed by atoms with Crippen molar-refractivity contribution in [2.24, 2.45) is 0 Å². The van der Waals surface area contributed by atoms with E-state index in [1.54, 1.807) is 0 Å². The molecule has 0 bridgehead atoms. The van der Waals surface area contributed by atoms with Gasteiger partial charge in [0.1, 0.15) is 0 Å². The summed E-state index contributed by atoms with van der Waals surface area (Å²) in [6, 6.07) is 3.89. The average molecular weight is 266 g/mol. The van der Waals surface area contributed by atoms with Gasteiger partial charge in [0.25, 0.3) is 0 Å². The summed E-state index contributed by atoms with van der Waals surface area (Å²) in [6.07, 6.45) is 0.636. The molecular formula is C13H18N2O2S. The molecule has 2 heterocycles. The largest absolute Gasteiger partial charge is 0.337 e. The number of nitrogens with zero attached hydrogens (tertiary/aromatic N) is 1. The molecule has 0 radical (unpaired) electrons. The number of ketones is 1. The first-order chi connectivity index (χ1) is 8.68. The van der Waals surface area contributed by atoms with Gasteiger partial charge in [-0.1, -0.05) is 6.07 Å². The third kappa shape index (κ3) is 3.17. The molecule has 4 nitrogen and oxygen atoms in total. The summed E-state index contributed by atoms with van der Waals surface area (Å²) in [6.45, 7) is 4.46. The van der Waals surface area contributed by atoms with Gasteiger partial charge >= 0.3 is 0 Å². The van der Waals surface area contributed by atoms with Crippen LogP contribution in [-0.2, 0) is 4.79 Å². The molecule has 1 aromatic heterocycles. The van der Waals surface area contributed by atoms with Crippen LogP contribution in [0.15, 0.2) is 17.5 Å². The Bertz CT molecular complexity index is 417.